The van der Waals surface area contributed by atoms with E-state index in [2.05, 4.69) is 0 Å². The van der Waals surface area contributed by atoms with Crippen molar-refractivity contribution >= 4 is 21.7 Å². The van der Waals surface area contributed by atoms with Gasteiger partial charge in [-0.15, -0.1) is 0 Å². The van der Waals surface area contributed by atoms with Crippen molar-refractivity contribution in [3.63, 3.8) is 0 Å². The van der Waals surface area contributed by atoms with E-state index in [0.29, 0.717) is 0 Å². The van der Waals surface area contributed by atoms with E-state index in [9.17, 15) is 23.1 Å². The molecule has 0 aromatic heterocycles. The summed E-state index contributed by atoms with van der Waals surface area (Å²) in [4.78, 5) is 23.6. The van der Waals surface area contributed by atoms with Crippen molar-refractivity contribution in [1.82, 2.24) is 4.90 Å². The molecule has 0 aromatic rings. The van der Waals surface area contributed by atoms with Crippen molar-refractivity contribution in [3.8, 4) is 6.07 Å². The molecule has 0 aliphatic carbocycles. The number of fused-ring (bicyclic) bond motifs is 1. The fourth-order valence-electron chi connectivity index (χ4n) is 2.68. The summed E-state index contributed by atoms with van der Waals surface area (Å²) in [5, 5.41) is 18.4. The van der Waals surface area contributed by atoms with Gasteiger partial charge in [0.15, 0.2) is 9.84 Å². The van der Waals surface area contributed by atoms with E-state index in [1.54, 1.807) is 6.07 Å². The zero-order valence-corrected chi connectivity index (χ0v) is 13.6. The molecule has 0 unspecified atom stereocenters. The van der Waals surface area contributed by atoms with Crippen molar-refractivity contribution in [2.75, 3.05) is 0 Å². The third kappa shape index (κ3) is 1.83. The fraction of sp³-hybridized carbons (Fsp3) is 0.700. The number of sulfone groups is 1. The number of nitriles is 1. The molecular weight excluding hydrogens is 283 g/mol. The largest absolute Gasteiger partial charge is 1.00 e. The summed E-state index contributed by atoms with van der Waals surface area (Å²) >= 11 is 0. The van der Waals surface area contributed by atoms with Crippen molar-refractivity contribution < 1.29 is 52.7 Å². The first-order valence-electron chi connectivity index (χ1n) is 5.31. The molecule has 0 N–H and O–H groups in total. The number of aliphatic carboxylic acids is 1. The first kappa shape index (κ1) is 16.4. The van der Waals surface area contributed by atoms with Crippen LogP contribution in [-0.2, 0) is 19.4 Å². The molecule has 0 spiro atoms. The average molecular weight is 294 g/mol. The molecule has 2 saturated heterocycles. The number of carbonyl (C=O) groups is 2. The van der Waals surface area contributed by atoms with Gasteiger partial charge in [-0.25, -0.2) is 8.42 Å². The zero-order chi connectivity index (χ0) is 13.9. The monoisotopic (exact) mass is 294 g/mol. The molecule has 2 heterocycles. The summed E-state index contributed by atoms with van der Waals surface area (Å²) in [6.07, 6.45) is -0.227. The molecule has 7 nitrogen and oxygen atoms in total. The first-order chi connectivity index (χ1) is 8.17. The van der Waals surface area contributed by atoms with Gasteiger partial charge in [-0.3, -0.25) is 4.79 Å². The normalized spacial score (nSPS) is 33.6. The van der Waals surface area contributed by atoms with Crippen LogP contribution in [0.1, 0.15) is 20.3 Å². The molecule has 0 aromatic carbocycles. The molecule has 0 radical (unpaired) electrons. The Morgan fingerprint density at radius 3 is 2.47 bits per heavy atom. The van der Waals surface area contributed by atoms with E-state index in [-0.39, 0.29) is 36.0 Å². The number of rotatable bonds is 2. The standard InChI is InChI=1S/C10H12N2O5S.Na/c1-10(2)6(9(14)15)12-7(13)5(3-4-11)8(12)18(10,16)17;/h5-6,8H,3H2,1-2H3,(H,14,15);/q;+1/p-1/t5-,6+,8-;/m1./s1. The fourth-order valence-corrected chi connectivity index (χ4v) is 4.99. The number of β-lactam (4-membered cyclic amide) rings is 1. The van der Waals surface area contributed by atoms with Crippen LogP contribution in [0.5, 0.6) is 0 Å². The Balaban J connectivity index is 0.00000180. The van der Waals surface area contributed by atoms with Crippen molar-refractivity contribution in [2.24, 2.45) is 5.92 Å². The van der Waals surface area contributed by atoms with Crippen LogP contribution in [0.4, 0.5) is 0 Å². The van der Waals surface area contributed by atoms with Crippen LogP contribution < -0.4 is 34.7 Å². The van der Waals surface area contributed by atoms with E-state index >= 15 is 0 Å². The third-order valence-corrected chi connectivity index (χ3v) is 6.59. The van der Waals surface area contributed by atoms with Gasteiger partial charge in [0.1, 0.15) is 5.37 Å². The number of nitrogens with zero attached hydrogens (tertiary/aromatic N) is 2. The maximum atomic E-state index is 12.2. The first-order valence-corrected chi connectivity index (χ1v) is 6.86. The number of hydrogen-bond donors (Lipinski definition) is 0. The second-order valence-electron chi connectivity index (χ2n) is 4.97. The molecule has 1 amide bonds. The van der Waals surface area contributed by atoms with Gasteiger partial charge in [-0.2, -0.15) is 5.26 Å². The summed E-state index contributed by atoms with van der Waals surface area (Å²) in [5.41, 5.74) is 0. The topological polar surface area (TPSA) is 118 Å². The van der Waals surface area contributed by atoms with Crippen LogP contribution in [0.3, 0.4) is 0 Å². The van der Waals surface area contributed by atoms with Crippen LogP contribution in [0.15, 0.2) is 0 Å². The van der Waals surface area contributed by atoms with Crippen molar-refractivity contribution in [3.05, 3.63) is 0 Å². The SMILES string of the molecule is CC1(C)[C@H](C(=O)[O-])N2C(=O)[C@@H](CC#N)[C@H]2S1(=O)=O.[Na+]. The Kier molecular flexibility index (Phi) is 4.10. The minimum absolute atomic E-state index is 0. The number of carboxylic acids is 1. The molecular formula is C10H11N2NaO5S. The maximum Gasteiger partial charge on any atom is 1.00 e. The van der Waals surface area contributed by atoms with Gasteiger partial charge in [0.2, 0.25) is 5.91 Å². The number of carbonyl (C=O) groups excluding carboxylic acids is 2. The van der Waals surface area contributed by atoms with Gasteiger partial charge in [0, 0.05) is 6.42 Å². The quantitative estimate of drug-likeness (QED) is 0.372. The molecule has 0 bridgehead atoms. The Morgan fingerprint density at radius 1 is 1.53 bits per heavy atom. The molecule has 2 fully saturated rings. The van der Waals surface area contributed by atoms with E-state index in [1.807, 2.05) is 0 Å². The van der Waals surface area contributed by atoms with Crippen molar-refractivity contribution in [2.45, 2.75) is 36.4 Å². The van der Waals surface area contributed by atoms with Crippen LogP contribution >= 0.6 is 0 Å². The molecule has 2 aliphatic rings. The van der Waals surface area contributed by atoms with Crippen LogP contribution in [0.25, 0.3) is 0 Å². The number of hydrogen-bond acceptors (Lipinski definition) is 6. The van der Waals surface area contributed by atoms with Crippen LogP contribution in [0, 0.1) is 17.2 Å². The number of amides is 1. The second-order valence-corrected chi connectivity index (χ2v) is 7.60. The van der Waals surface area contributed by atoms with E-state index in [0.717, 1.165) is 4.90 Å². The number of carboxylic acid groups (broad SMARTS) is 1. The molecule has 3 atom stereocenters. The summed E-state index contributed by atoms with van der Waals surface area (Å²) < 4.78 is 22.9. The van der Waals surface area contributed by atoms with Gasteiger partial charge in [-0.1, -0.05) is 0 Å². The molecule has 9 heteroatoms. The van der Waals surface area contributed by atoms with E-state index in [4.69, 9.17) is 5.26 Å². The van der Waals surface area contributed by atoms with Gasteiger partial charge in [0.25, 0.3) is 0 Å². The predicted molar refractivity (Wildman–Crippen MR) is 56.1 cm³/mol. The molecule has 0 saturated carbocycles. The van der Waals surface area contributed by atoms with Gasteiger partial charge in [-0.05, 0) is 13.8 Å². The van der Waals surface area contributed by atoms with E-state index in [1.165, 1.54) is 13.8 Å². The van der Waals surface area contributed by atoms with Crippen LogP contribution in [0.2, 0.25) is 0 Å². The summed E-state index contributed by atoms with van der Waals surface area (Å²) in [5.74, 6) is -3.15. The molecule has 2 rings (SSSR count). The Labute approximate surface area is 132 Å². The predicted octanol–water partition coefficient (Wildman–Crippen LogP) is -4.99. The minimum atomic E-state index is -3.83. The summed E-state index contributed by atoms with van der Waals surface area (Å²) in [7, 11) is -3.83. The summed E-state index contributed by atoms with van der Waals surface area (Å²) in [6, 6.07) is 0.256. The second kappa shape index (κ2) is 4.74. The van der Waals surface area contributed by atoms with Gasteiger partial charge >= 0.3 is 29.6 Å². The van der Waals surface area contributed by atoms with E-state index < -0.39 is 43.8 Å². The molecule has 19 heavy (non-hydrogen) atoms. The smallest absolute Gasteiger partial charge is 0.548 e. The average Bonchev–Trinajstić information content (AvgIpc) is 2.38. The Bertz CT molecular complexity index is 579. The Morgan fingerprint density at radius 2 is 2.05 bits per heavy atom. The third-order valence-electron chi connectivity index (χ3n) is 3.71. The zero-order valence-electron chi connectivity index (χ0n) is 10.8. The summed E-state index contributed by atoms with van der Waals surface area (Å²) in [6.45, 7) is 2.52. The van der Waals surface area contributed by atoms with Crippen LogP contribution in [-0.4, -0.2) is 41.4 Å². The maximum absolute atomic E-state index is 12.2. The molecule has 98 valence electrons. The van der Waals surface area contributed by atoms with Gasteiger partial charge < -0.3 is 14.8 Å². The van der Waals surface area contributed by atoms with Crippen molar-refractivity contribution in [1.29, 1.82) is 5.26 Å². The molecule has 2 aliphatic heterocycles. The van der Waals surface area contributed by atoms with Gasteiger partial charge in [0.05, 0.1) is 28.7 Å². The Hall–Kier alpha value is -0.620. The minimum Gasteiger partial charge on any atom is -0.548 e.